The lowest BCUT2D eigenvalue weighted by atomic mass is 10.1. The van der Waals surface area contributed by atoms with Crippen molar-refractivity contribution in [2.24, 2.45) is 4.99 Å². The topological polar surface area (TPSA) is 64.7 Å². The highest BCUT2D eigenvalue weighted by atomic mass is 16.5. The van der Waals surface area contributed by atoms with Crippen LogP contribution >= 0.6 is 0 Å². The molecule has 1 aromatic heterocycles. The van der Waals surface area contributed by atoms with E-state index in [4.69, 9.17) is 9.15 Å². The third-order valence-corrected chi connectivity index (χ3v) is 4.35. The number of hydrogen-bond donors (Lipinski definition) is 0. The van der Waals surface area contributed by atoms with Crippen molar-refractivity contribution >= 4 is 29.0 Å². The molecule has 0 spiro atoms. The Hall–Kier alpha value is -3.73. The molecule has 0 radical (unpaired) electrons. The highest BCUT2D eigenvalue weighted by molar-refractivity contribution is 5.91. The maximum atomic E-state index is 11.5. The second-order valence-electron chi connectivity index (χ2n) is 6.41. The Morgan fingerprint density at radius 3 is 2.50 bits per heavy atom. The number of carbonyl (C=O) groups excluding carboxylic acids is 1. The van der Waals surface area contributed by atoms with Gasteiger partial charge in [0.1, 0.15) is 5.52 Å². The number of esters is 1. The number of nitrogens with zero attached hydrogens (tertiary/aromatic N) is 2. The van der Waals surface area contributed by atoms with Crippen LogP contribution in [0, 0.1) is 6.92 Å². The Morgan fingerprint density at radius 1 is 1.04 bits per heavy atom. The van der Waals surface area contributed by atoms with E-state index >= 15 is 0 Å². The van der Waals surface area contributed by atoms with Crippen LogP contribution in [0.25, 0.3) is 22.6 Å². The van der Waals surface area contributed by atoms with Crippen LogP contribution in [0.5, 0.6) is 0 Å². The Labute approximate surface area is 162 Å². The molecule has 0 aliphatic carbocycles. The number of ether oxygens (including phenoxy) is 1. The van der Waals surface area contributed by atoms with Gasteiger partial charge in [0.2, 0.25) is 5.89 Å². The average Bonchev–Trinajstić information content (AvgIpc) is 3.15. The maximum Gasteiger partial charge on any atom is 0.337 e. The number of rotatable bonds is 4. The number of aryl methyl sites for hydroxylation is 1. The minimum Gasteiger partial charge on any atom is -0.465 e. The first-order valence-corrected chi connectivity index (χ1v) is 8.82. The molecule has 0 saturated heterocycles. The summed E-state index contributed by atoms with van der Waals surface area (Å²) >= 11 is 0. The molecule has 0 atom stereocenters. The van der Waals surface area contributed by atoms with Crippen LogP contribution in [0.4, 0.5) is 5.69 Å². The molecule has 4 rings (SSSR count). The lowest BCUT2D eigenvalue weighted by molar-refractivity contribution is 0.0600. The molecule has 0 bridgehead atoms. The molecular formula is C23H18N2O3. The van der Waals surface area contributed by atoms with Crippen LogP contribution in [0.1, 0.15) is 21.5 Å². The van der Waals surface area contributed by atoms with Crippen LogP contribution in [-0.4, -0.2) is 24.3 Å². The lowest BCUT2D eigenvalue weighted by Gasteiger charge is -1.99. The number of aliphatic imine (C=N–C) groups is 1. The molecule has 0 unspecified atom stereocenters. The van der Waals surface area contributed by atoms with Crippen molar-refractivity contribution in [1.82, 2.24) is 4.98 Å². The Kier molecular flexibility index (Phi) is 4.72. The average molecular weight is 370 g/mol. The first kappa shape index (κ1) is 17.7. The van der Waals surface area contributed by atoms with E-state index in [1.807, 2.05) is 61.5 Å². The van der Waals surface area contributed by atoms with Gasteiger partial charge in [0.15, 0.2) is 5.58 Å². The number of oxazole rings is 1. The van der Waals surface area contributed by atoms with Crippen molar-refractivity contribution in [2.45, 2.75) is 6.92 Å². The zero-order chi connectivity index (χ0) is 19.5. The molecule has 28 heavy (non-hydrogen) atoms. The predicted octanol–water partition coefficient (Wildman–Crippen LogP) is 5.34. The molecule has 0 saturated carbocycles. The van der Waals surface area contributed by atoms with E-state index in [1.165, 1.54) is 7.11 Å². The second-order valence-corrected chi connectivity index (χ2v) is 6.41. The van der Waals surface area contributed by atoms with Gasteiger partial charge in [-0.1, -0.05) is 18.2 Å². The highest BCUT2D eigenvalue weighted by Gasteiger charge is 2.08. The first-order chi connectivity index (χ1) is 13.6. The smallest absolute Gasteiger partial charge is 0.337 e. The van der Waals surface area contributed by atoms with Crippen molar-refractivity contribution < 1.29 is 13.9 Å². The summed E-state index contributed by atoms with van der Waals surface area (Å²) in [4.78, 5) is 20.5. The van der Waals surface area contributed by atoms with Crippen molar-refractivity contribution in [3.05, 3.63) is 83.4 Å². The lowest BCUT2D eigenvalue weighted by Crippen LogP contribution is -2.00. The summed E-state index contributed by atoms with van der Waals surface area (Å²) in [6.07, 6.45) is 1.75. The molecule has 0 fully saturated rings. The normalized spacial score (nSPS) is 11.2. The van der Waals surface area contributed by atoms with E-state index in [9.17, 15) is 4.79 Å². The highest BCUT2D eigenvalue weighted by Crippen LogP contribution is 2.26. The molecule has 0 amide bonds. The van der Waals surface area contributed by atoms with Gasteiger partial charge in [-0.15, -0.1) is 0 Å². The minimum atomic E-state index is -0.353. The number of carbonyl (C=O) groups is 1. The minimum absolute atomic E-state index is 0.353. The van der Waals surface area contributed by atoms with Crippen molar-refractivity contribution in [1.29, 1.82) is 0 Å². The largest absolute Gasteiger partial charge is 0.465 e. The van der Waals surface area contributed by atoms with Crippen molar-refractivity contribution in [3.63, 3.8) is 0 Å². The van der Waals surface area contributed by atoms with E-state index in [0.29, 0.717) is 11.5 Å². The molecule has 138 valence electrons. The third kappa shape index (κ3) is 3.69. The Morgan fingerprint density at radius 2 is 1.79 bits per heavy atom. The van der Waals surface area contributed by atoms with E-state index in [-0.39, 0.29) is 5.97 Å². The zero-order valence-electron chi connectivity index (χ0n) is 15.5. The molecule has 0 N–H and O–H groups in total. The molecule has 5 heteroatoms. The van der Waals surface area contributed by atoms with E-state index < -0.39 is 0 Å². The number of benzene rings is 3. The molecular weight excluding hydrogens is 352 g/mol. The van der Waals surface area contributed by atoms with Gasteiger partial charge >= 0.3 is 5.97 Å². The SMILES string of the molecule is COC(=O)c1ccc(C=Nc2ccc(-c3nc4cc(C)ccc4o3)cc2)cc1. The summed E-state index contributed by atoms with van der Waals surface area (Å²) in [5.41, 5.74) is 5.90. The molecule has 4 aromatic rings. The van der Waals surface area contributed by atoms with Crippen molar-refractivity contribution in [3.8, 4) is 11.5 Å². The van der Waals surface area contributed by atoms with Crippen LogP contribution < -0.4 is 0 Å². The van der Waals surface area contributed by atoms with Gasteiger partial charge < -0.3 is 9.15 Å². The number of fused-ring (bicyclic) bond motifs is 1. The predicted molar refractivity (Wildman–Crippen MR) is 109 cm³/mol. The first-order valence-electron chi connectivity index (χ1n) is 8.82. The summed E-state index contributed by atoms with van der Waals surface area (Å²) < 4.78 is 10.5. The molecule has 5 nitrogen and oxygen atoms in total. The summed E-state index contributed by atoms with van der Waals surface area (Å²) in [5.74, 6) is 0.239. The van der Waals surface area contributed by atoms with E-state index in [0.717, 1.165) is 33.5 Å². The number of aromatic nitrogens is 1. The van der Waals surface area contributed by atoms with Gasteiger partial charge in [0.25, 0.3) is 0 Å². The standard InChI is InChI=1S/C23H18N2O3/c1-15-3-12-21-20(13-15)25-22(28-21)17-8-10-19(11-9-17)24-14-16-4-6-18(7-5-16)23(26)27-2/h3-14H,1-2H3. The van der Waals surface area contributed by atoms with Crippen LogP contribution in [0.2, 0.25) is 0 Å². The Bertz CT molecular complexity index is 1160. The molecule has 0 aliphatic rings. The quantitative estimate of drug-likeness (QED) is 0.359. The molecule has 1 heterocycles. The fourth-order valence-electron chi connectivity index (χ4n) is 2.82. The number of methoxy groups -OCH3 is 1. The van der Waals surface area contributed by atoms with Crippen LogP contribution in [0.3, 0.4) is 0 Å². The molecule has 0 aliphatic heterocycles. The van der Waals surface area contributed by atoms with Crippen molar-refractivity contribution in [2.75, 3.05) is 7.11 Å². The summed E-state index contributed by atoms with van der Waals surface area (Å²) in [5, 5.41) is 0. The third-order valence-electron chi connectivity index (χ3n) is 4.35. The fourth-order valence-corrected chi connectivity index (χ4v) is 2.82. The monoisotopic (exact) mass is 370 g/mol. The zero-order valence-corrected chi connectivity index (χ0v) is 15.5. The molecule has 3 aromatic carbocycles. The maximum absolute atomic E-state index is 11.5. The fraction of sp³-hybridized carbons (Fsp3) is 0.0870. The van der Waals surface area contributed by atoms with Crippen LogP contribution in [0.15, 0.2) is 76.1 Å². The second kappa shape index (κ2) is 7.48. The van der Waals surface area contributed by atoms with E-state index in [1.54, 1.807) is 18.3 Å². The summed E-state index contributed by atoms with van der Waals surface area (Å²) in [6.45, 7) is 2.03. The van der Waals surface area contributed by atoms with Gasteiger partial charge in [0.05, 0.1) is 18.4 Å². The van der Waals surface area contributed by atoms with Gasteiger partial charge in [-0.3, -0.25) is 4.99 Å². The van der Waals surface area contributed by atoms with Gasteiger partial charge in [0, 0.05) is 11.8 Å². The van der Waals surface area contributed by atoms with Gasteiger partial charge in [-0.2, -0.15) is 0 Å². The summed E-state index contributed by atoms with van der Waals surface area (Å²) in [6, 6.07) is 20.7. The van der Waals surface area contributed by atoms with Crippen LogP contribution in [-0.2, 0) is 4.74 Å². The van der Waals surface area contributed by atoms with Gasteiger partial charge in [-0.05, 0) is 66.6 Å². The number of hydrogen-bond acceptors (Lipinski definition) is 5. The van der Waals surface area contributed by atoms with Gasteiger partial charge in [-0.25, -0.2) is 9.78 Å². The Balaban J connectivity index is 1.51. The summed E-state index contributed by atoms with van der Waals surface area (Å²) in [7, 11) is 1.36. The van der Waals surface area contributed by atoms with E-state index in [2.05, 4.69) is 9.98 Å².